The molecular weight excluding hydrogens is 288 g/mol. The molecule has 2 fully saturated rings. The van der Waals surface area contributed by atoms with Crippen LogP contribution in [0.15, 0.2) is 0 Å². The van der Waals surface area contributed by atoms with E-state index >= 15 is 0 Å². The third-order valence-corrected chi connectivity index (χ3v) is 7.50. The van der Waals surface area contributed by atoms with Gasteiger partial charge in [0.15, 0.2) is 15.7 Å². The smallest absolute Gasteiger partial charge is 0.195 e. The summed E-state index contributed by atoms with van der Waals surface area (Å²) in [5.74, 6) is 0.888. The molecule has 2 saturated carbocycles. The molecule has 0 unspecified atom stereocenters. The summed E-state index contributed by atoms with van der Waals surface area (Å²) in [6.07, 6.45) is 9.15. The fourth-order valence-corrected chi connectivity index (χ4v) is 3.52. The Morgan fingerprint density at radius 2 is 1.86 bits per heavy atom. The molecule has 3 rings (SSSR count). The van der Waals surface area contributed by atoms with Gasteiger partial charge >= 0.3 is 0 Å². The van der Waals surface area contributed by atoms with E-state index in [9.17, 15) is 8.42 Å². The van der Waals surface area contributed by atoms with Crippen molar-refractivity contribution in [2.75, 3.05) is 6.26 Å². The molecule has 0 atom stereocenters. The predicted octanol–water partition coefficient (Wildman–Crippen LogP) is 1.92. The van der Waals surface area contributed by atoms with Gasteiger partial charge in [0.1, 0.15) is 4.75 Å². The lowest BCUT2D eigenvalue weighted by Crippen LogP contribution is -2.30. The van der Waals surface area contributed by atoms with Gasteiger partial charge in [-0.05, 0) is 68.9 Å². The van der Waals surface area contributed by atoms with Crippen molar-refractivity contribution in [1.82, 2.24) is 20.2 Å². The van der Waals surface area contributed by atoms with Gasteiger partial charge < -0.3 is 0 Å². The summed E-state index contributed by atoms with van der Waals surface area (Å²) >= 11 is 0. The molecule has 21 heavy (non-hydrogen) atoms. The molecule has 0 saturated heterocycles. The number of nitrogens with zero attached hydrogens (tertiary/aromatic N) is 4. The van der Waals surface area contributed by atoms with Gasteiger partial charge in [-0.3, -0.25) is 0 Å². The second-order valence-corrected chi connectivity index (χ2v) is 9.96. The molecule has 0 N–H and O–H groups in total. The highest BCUT2D eigenvalue weighted by Gasteiger charge is 2.44. The molecule has 0 radical (unpaired) electrons. The van der Waals surface area contributed by atoms with Crippen molar-refractivity contribution >= 4 is 9.84 Å². The van der Waals surface area contributed by atoms with Crippen LogP contribution >= 0.6 is 0 Å². The second kappa shape index (κ2) is 4.76. The fraction of sp³-hybridized carbons (Fsp3) is 0.929. The summed E-state index contributed by atoms with van der Waals surface area (Å²) in [5.41, 5.74) is 0.690. The molecular formula is C14H24N4O2S. The number of aromatic nitrogens is 4. The van der Waals surface area contributed by atoms with Gasteiger partial charge in [-0.1, -0.05) is 0 Å². The van der Waals surface area contributed by atoms with Gasteiger partial charge in [-0.15, -0.1) is 10.2 Å². The van der Waals surface area contributed by atoms with Gasteiger partial charge in [0.05, 0.1) is 6.54 Å². The first-order valence-electron chi connectivity index (χ1n) is 7.70. The van der Waals surface area contributed by atoms with Crippen molar-refractivity contribution in [2.24, 2.45) is 11.3 Å². The van der Waals surface area contributed by atoms with E-state index in [1.54, 1.807) is 18.6 Å². The number of tetrazole rings is 1. The highest BCUT2D eigenvalue weighted by Crippen LogP contribution is 2.57. The lowest BCUT2D eigenvalue weighted by Gasteiger charge is -2.27. The first-order chi connectivity index (χ1) is 9.72. The van der Waals surface area contributed by atoms with E-state index in [2.05, 4.69) is 15.4 Å². The van der Waals surface area contributed by atoms with Gasteiger partial charge in [0, 0.05) is 6.26 Å². The summed E-state index contributed by atoms with van der Waals surface area (Å²) in [6.45, 7) is 4.01. The molecule has 1 spiro atoms. The minimum Gasteiger partial charge on any atom is -0.228 e. The molecule has 1 aromatic rings. The van der Waals surface area contributed by atoms with Crippen LogP contribution in [0.4, 0.5) is 0 Å². The Morgan fingerprint density at radius 3 is 2.38 bits per heavy atom. The third kappa shape index (κ3) is 2.84. The van der Waals surface area contributed by atoms with E-state index in [4.69, 9.17) is 0 Å². The standard InChI is InChI=1S/C14H24N4O2S/c1-13(2,21(3,19)20)12-15-17-18(16-12)10-11-4-6-14(7-5-11)8-9-14/h11H,4-10H2,1-3H3. The number of hydrogen-bond acceptors (Lipinski definition) is 5. The van der Waals surface area contributed by atoms with Crippen molar-refractivity contribution in [2.45, 2.75) is 63.7 Å². The summed E-state index contributed by atoms with van der Waals surface area (Å²) in [7, 11) is -3.26. The summed E-state index contributed by atoms with van der Waals surface area (Å²) < 4.78 is 22.5. The molecule has 118 valence electrons. The lowest BCUT2D eigenvalue weighted by molar-refractivity contribution is 0.222. The average molecular weight is 312 g/mol. The van der Waals surface area contributed by atoms with Crippen LogP contribution in [-0.2, 0) is 21.1 Å². The summed E-state index contributed by atoms with van der Waals surface area (Å²) in [5, 5.41) is 12.3. The molecule has 1 aromatic heterocycles. The van der Waals surface area contributed by atoms with Crippen molar-refractivity contribution in [1.29, 1.82) is 0 Å². The SMILES string of the molecule is CC(C)(c1nnn(CC2CCC3(CC2)CC3)n1)S(C)(=O)=O. The Bertz CT molecular complexity index is 621. The first-order valence-corrected chi connectivity index (χ1v) is 9.59. The van der Waals surface area contributed by atoms with E-state index in [0.29, 0.717) is 17.2 Å². The predicted molar refractivity (Wildman–Crippen MR) is 79.3 cm³/mol. The van der Waals surface area contributed by atoms with Crippen LogP contribution in [0.2, 0.25) is 0 Å². The van der Waals surface area contributed by atoms with Crippen LogP contribution in [0.3, 0.4) is 0 Å². The van der Waals surface area contributed by atoms with Crippen LogP contribution in [0.25, 0.3) is 0 Å². The van der Waals surface area contributed by atoms with E-state index in [1.165, 1.54) is 44.8 Å². The molecule has 1 heterocycles. The average Bonchev–Trinajstić information content (AvgIpc) is 2.97. The Labute approximate surface area is 126 Å². The molecule has 0 amide bonds. The minimum absolute atomic E-state index is 0.291. The topological polar surface area (TPSA) is 77.7 Å². The van der Waals surface area contributed by atoms with Crippen LogP contribution in [0.1, 0.15) is 58.2 Å². The molecule has 6 nitrogen and oxygen atoms in total. The zero-order valence-electron chi connectivity index (χ0n) is 13.0. The monoisotopic (exact) mass is 312 g/mol. The second-order valence-electron chi connectivity index (χ2n) is 7.39. The van der Waals surface area contributed by atoms with Crippen LogP contribution in [-0.4, -0.2) is 34.9 Å². The quantitative estimate of drug-likeness (QED) is 0.849. The third-order valence-electron chi connectivity index (χ3n) is 5.46. The highest BCUT2D eigenvalue weighted by molar-refractivity contribution is 7.91. The number of rotatable bonds is 4. The maximum absolute atomic E-state index is 11.8. The minimum atomic E-state index is -3.26. The van der Waals surface area contributed by atoms with Crippen molar-refractivity contribution in [3.63, 3.8) is 0 Å². The molecule has 2 aliphatic carbocycles. The Morgan fingerprint density at radius 1 is 1.24 bits per heavy atom. The maximum Gasteiger partial charge on any atom is 0.195 e. The highest BCUT2D eigenvalue weighted by atomic mass is 32.2. The van der Waals surface area contributed by atoms with E-state index in [1.807, 2.05) is 0 Å². The molecule has 2 aliphatic rings. The number of sulfone groups is 1. The maximum atomic E-state index is 11.8. The summed E-state index contributed by atoms with van der Waals surface area (Å²) in [6, 6.07) is 0. The normalized spacial score (nSPS) is 22.6. The van der Waals surface area contributed by atoms with Crippen LogP contribution < -0.4 is 0 Å². The van der Waals surface area contributed by atoms with E-state index < -0.39 is 14.6 Å². The van der Waals surface area contributed by atoms with Crippen molar-refractivity contribution in [3.8, 4) is 0 Å². The molecule has 0 aromatic carbocycles. The van der Waals surface area contributed by atoms with Crippen molar-refractivity contribution < 1.29 is 8.42 Å². The zero-order valence-corrected chi connectivity index (χ0v) is 13.9. The van der Waals surface area contributed by atoms with Gasteiger partial charge in [-0.2, -0.15) is 4.80 Å². The van der Waals surface area contributed by atoms with Crippen LogP contribution in [0, 0.1) is 11.3 Å². The Hall–Kier alpha value is -0.980. The molecule has 7 heteroatoms. The summed E-state index contributed by atoms with van der Waals surface area (Å²) in [4.78, 5) is 1.58. The molecule has 0 aliphatic heterocycles. The zero-order chi connectivity index (χ0) is 15.3. The largest absolute Gasteiger partial charge is 0.228 e. The van der Waals surface area contributed by atoms with Gasteiger partial charge in [-0.25, -0.2) is 8.42 Å². The van der Waals surface area contributed by atoms with Gasteiger partial charge in [0.2, 0.25) is 0 Å². The Kier molecular flexibility index (Phi) is 3.39. The molecule has 0 bridgehead atoms. The van der Waals surface area contributed by atoms with E-state index in [0.717, 1.165) is 6.54 Å². The van der Waals surface area contributed by atoms with E-state index in [-0.39, 0.29) is 0 Å². The van der Waals surface area contributed by atoms with Gasteiger partial charge in [0.25, 0.3) is 0 Å². The Balaban J connectivity index is 1.65. The number of hydrogen-bond donors (Lipinski definition) is 0. The lowest BCUT2D eigenvalue weighted by atomic mass is 9.80. The van der Waals surface area contributed by atoms with Crippen LogP contribution in [0.5, 0.6) is 0 Å². The van der Waals surface area contributed by atoms with Crippen molar-refractivity contribution in [3.05, 3.63) is 5.82 Å². The fourth-order valence-electron chi connectivity index (χ4n) is 3.11. The first kappa shape index (κ1) is 14.9.